The molecule has 0 spiro atoms. The largest absolute Gasteiger partial charge is 0.349 e. The van der Waals surface area contributed by atoms with Crippen molar-refractivity contribution in [3.8, 4) is 11.3 Å². The second-order valence-corrected chi connectivity index (χ2v) is 8.32. The maximum atomic E-state index is 14.6. The molecule has 2 aliphatic rings. The van der Waals surface area contributed by atoms with E-state index in [1.54, 1.807) is 10.9 Å². The summed E-state index contributed by atoms with van der Waals surface area (Å²) in [4.78, 5) is 22.5. The third kappa shape index (κ3) is 4.14. The molecule has 33 heavy (non-hydrogen) atoms. The standard InChI is InChI=1S/C22H20F4N6O/c23-14-4-5-17(24)16(8-14)18-19(20(28-12-27-18)31-7-6-22(25,26)11-31)30-21(33)13-9-29-32(10-13)15-2-1-3-15/h4-5,8-10,12,15H,1-3,6-7,11H2,(H,30,33). The fourth-order valence-corrected chi connectivity index (χ4v) is 4.02. The summed E-state index contributed by atoms with van der Waals surface area (Å²) in [6.45, 7) is -0.630. The third-order valence-corrected chi connectivity index (χ3v) is 6.03. The molecule has 1 saturated heterocycles. The van der Waals surface area contributed by atoms with Crippen LogP contribution in [0.25, 0.3) is 11.3 Å². The molecule has 0 radical (unpaired) electrons. The number of rotatable bonds is 5. The summed E-state index contributed by atoms with van der Waals surface area (Å²) in [6, 6.07) is 3.07. The molecule has 3 heterocycles. The number of carbonyl (C=O) groups is 1. The highest BCUT2D eigenvalue weighted by Crippen LogP contribution is 2.39. The molecule has 172 valence electrons. The summed E-state index contributed by atoms with van der Waals surface area (Å²) in [5.74, 6) is -4.99. The van der Waals surface area contributed by atoms with E-state index in [2.05, 4.69) is 20.4 Å². The van der Waals surface area contributed by atoms with Gasteiger partial charge in [-0.2, -0.15) is 5.10 Å². The van der Waals surface area contributed by atoms with Crippen molar-refractivity contribution in [2.24, 2.45) is 0 Å². The summed E-state index contributed by atoms with van der Waals surface area (Å²) in [6.07, 6.45) is 6.76. The number of hydrogen-bond donors (Lipinski definition) is 1. The first-order valence-corrected chi connectivity index (χ1v) is 10.6. The lowest BCUT2D eigenvalue weighted by Gasteiger charge is -2.25. The average molecular weight is 460 g/mol. The molecule has 2 fully saturated rings. The minimum absolute atomic E-state index is 0.0144. The minimum atomic E-state index is -2.93. The van der Waals surface area contributed by atoms with Crippen LogP contribution in [0, 0.1) is 11.6 Å². The fraction of sp³-hybridized carbons (Fsp3) is 0.364. The number of halogens is 4. The Bertz CT molecular complexity index is 1210. The first-order valence-electron chi connectivity index (χ1n) is 10.6. The number of nitrogens with zero attached hydrogens (tertiary/aromatic N) is 5. The van der Waals surface area contributed by atoms with E-state index in [-0.39, 0.29) is 47.3 Å². The zero-order chi connectivity index (χ0) is 23.2. The van der Waals surface area contributed by atoms with Gasteiger partial charge in [0, 0.05) is 24.7 Å². The summed E-state index contributed by atoms with van der Waals surface area (Å²) in [7, 11) is 0. The number of aromatic nitrogens is 4. The van der Waals surface area contributed by atoms with Crippen LogP contribution < -0.4 is 10.2 Å². The topological polar surface area (TPSA) is 75.9 Å². The molecule has 1 aliphatic carbocycles. The molecule has 1 amide bonds. The van der Waals surface area contributed by atoms with E-state index in [0.717, 1.165) is 43.8 Å². The van der Waals surface area contributed by atoms with Crippen LogP contribution in [0.4, 0.5) is 29.1 Å². The van der Waals surface area contributed by atoms with Crippen molar-refractivity contribution in [1.29, 1.82) is 0 Å². The zero-order valence-electron chi connectivity index (χ0n) is 17.4. The van der Waals surface area contributed by atoms with Crippen molar-refractivity contribution in [3.05, 3.63) is 54.1 Å². The van der Waals surface area contributed by atoms with Crippen molar-refractivity contribution >= 4 is 17.4 Å². The predicted octanol–water partition coefficient (Wildman–Crippen LogP) is 4.44. The number of carbonyl (C=O) groups excluding carboxylic acids is 1. The Balaban J connectivity index is 1.55. The summed E-state index contributed by atoms with van der Waals surface area (Å²) in [5, 5.41) is 6.87. The molecule has 3 aromatic rings. The van der Waals surface area contributed by atoms with Gasteiger partial charge in [0.05, 0.1) is 24.3 Å². The Kier molecular flexibility index (Phi) is 5.26. The monoisotopic (exact) mass is 460 g/mol. The Morgan fingerprint density at radius 2 is 2.00 bits per heavy atom. The Labute approximate surface area is 186 Å². The van der Waals surface area contributed by atoms with E-state index >= 15 is 0 Å². The number of hydrogen-bond acceptors (Lipinski definition) is 5. The molecule has 5 rings (SSSR count). The van der Waals surface area contributed by atoms with E-state index in [9.17, 15) is 22.4 Å². The zero-order valence-corrected chi connectivity index (χ0v) is 17.4. The second-order valence-electron chi connectivity index (χ2n) is 8.32. The third-order valence-electron chi connectivity index (χ3n) is 6.03. The first kappa shape index (κ1) is 21.4. The molecule has 1 aromatic carbocycles. The van der Waals surface area contributed by atoms with Gasteiger partial charge in [0.25, 0.3) is 11.8 Å². The summed E-state index contributed by atoms with van der Waals surface area (Å²) < 4.78 is 58.0. The van der Waals surface area contributed by atoms with Gasteiger partial charge in [0.2, 0.25) is 0 Å². The van der Waals surface area contributed by atoms with Crippen molar-refractivity contribution < 1.29 is 22.4 Å². The summed E-state index contributed by atoms with van der Waals surface area (Å²) >= 11 is 0. The molecule has 11 heteroatoms. The van der Waals surface area contributed by atoms with Crippen LogP contribution in [0.5, 0.6) is 0 Å². The normalized spacial score (nSPS) is 17.8. The molecule has 0 atom stereocenters. The molecule has 7 nitrogen and oxygen atoms in total. The highest BCUT2D eigenvalue weighted by molar-refractivity contribution is 6.07. The van der Waals surface area contributed by atoms with Gasteiger partial charge in [-0.05, 0) is 37.5 Å². The molecule has 1 N–H and O–H groups in total. The minimum Gasteiger partial charge on any atom is -0.349 e. The number of nitrogens with one attached hydrogen (secondary N) is 1. The van der Waals surface area contributed by atoms with Crippen molar-refractivity contribution in [1.82, 2.24) is 19.7 Å². The Hall–Kier alpha value is -3.50. The quantitative estimate of drug-likeness (QED) is 0.570. The van der Waals surface area contributed by atoms with Crippen molar-refractivity contribution in [3.63, 3.8) is 0 Å². The Morgan fingerprint density at radius 1 is 1.18 bits per heavy atom. The van der Waals surface area contributed by atoms with E-state index in [4.69, 9.17) is 0 Å². The highest BCUT2D eigenvalue weighted by atomic mass is 19.3. The number of anilines is 2. The van der Waals surface area contributed by atoms with Gasteiger partial charge >= 0.3 is 0 Å². The maximum absolute atomic E-state index is 14.6. The van der Waals surface area contributed by atoms with E-state index < -0.39 is 30.0 Å². The van der Waals surface area contributed by atoms with Crippen LogP contribution in [0.1, 0.15) is 42.1 Å². The molecule has 0 bridgehead atoms. The second kappa shape index (κ2) is 8.13. The number of amides is 1. The SMILES string of the molecule is O=C(Nc1c(-c2cc(F)ccc2F)ncnc1N1CCC(F)(F)C1)c1cnn(C2CCC2)c1. The van der Waals surface area contributed by atoms with Gasteiger partial charge in [-0.15, -0.1) is 0 Å². The lowest BCUT2D eigenvalue weighted by Crippen LogP contribution is -2.27. The lowest BCUT2D eigenvalue weighted by atomic mass is 9.93. The maximum Gasteiger partial charge on any atom is 0.266 e. The average Bonchev–Trinajstić information content (AvgIpc) is 3.35. The van der Waals surface area contributed by atoms with Crippen molar-refractivity contribution in [2.45, 2.75) is 37.6 Å². The lowest BCUT2D eigenvalue weighted by molar-refractivity contribution is 0.0257. The number of alkyl halides is 2. The van der Waals surface area contributed by atoms with Crippen LogP contribution >= 0.6 is 0 Å². The van der Waals surface area contributed by atoms with Gasteiger partial charge in [-0.1, -0.05) is 0 Å². The molecule has 2 aromatic heterocycles. The number of benzene rings is 1. The van der Waals surface area contributed by atoms with E-state index in [0.29, 0.717) is 0 Å². The smallest absolute Gasteiger partial charge is 0.266 e. The van der Waals surface area contributed by atoms with Crippen LogP contribution in [0.3, 0.4) is 0 Å². The molecule has 1 aliphatic heterocycles. The van der Waals surface area contributed by atoms with Crippen LogP contribution in [-0.4, -0.2) is 44.7 Å². The van der Waals surface area contributed by atoms with Crippen molar-refractivity contribution in [2.75, 3.05) is 23.3 Å². The van der Waals surface area contributed by atoms with Gasteiger partial charge in [0.1, 0.15) is 29.3 Å². The fourth-order valence-electron chi connectivity index (χ4n) is 4.02. The Morgan fingerprint density at radius 3 is 2.70 bits per heavy atom. The molecule has 0 unspecified atom stereocenters. The van der Waals surface area contributed by atoms with E-state index in [1.165, 1.54) is 11.1 Å². The van der Waals surface area contributed by atoms with Gasteiger partial charge in [0.15, 0.2) is 5.82 Å². The van der Waals surface area contributed by atoms with Gasteiger partial charge < -0.3 is 10.2 Å². The van der Waals surface area contributed by atoms with Gasteiger partial charge in [-0.3, -0.25) is 9.48 Å². The molecular formula is C22H20F4N6O. The molecular weight excluding hydrogens is 440 g/mol. The predicted molar refractivity (Wildman–Crippen MR) is 112 cm³/mol. The van der Waals surface area contributed by atoms with Gasteiger partial charge in [-0.25, -0.2) is 27.5 Å². The van der Waals surface area contributed by atoms with Crippen LogP contribution in [0.15, 0.2) is 36.9 Å². The van der Waals surface area contributed by atoms with E-state index in [1.807, 2.05) is 0 Å². The highest BCUT2D eigenvalue weighted by Gasteiger charge is 2.40. The molecule has 1 saturated carbocycles. The summed E-state index contributed by atoms with van der Waals surface area (Å²) in [5.41, 5.74) is -0.146. The van der Waals surface area contributed by atoms with Crippen LogP contribution in [0.2, 0.25) is 0 Å². The van der Waals surface area contributed by atoms with Crippen LogP contribution in [-0.2, 0) is 0 Å². The first-order chi connectivity index (χ1) is 15.8.